The van der Waals surface area contributed by atoms with E-state index in [0.717, 1.165) is 0 Å². The minimum atomic E-state index is -3.56. The summed E-state index contributed by atoms with van der Waals surface area (Å²) in [5.74, 6) is -0.776. The van der Waals surface area contributed by atoms with Crippen molar-refractivity contribution in [3.05, 3.63) is 54.6 Å². The van der Waals surface area contributed by atoms with E-state index in [1.54, 1.807) is 25.1 Å². The molecule has 2 aromatic carbocycles. The summed E-state index contributed by atoms with van der Waals surface area (Å²) in [4.78, 5) is 12.2. The number of hydrogen-bond acceptors (Lipinski definition) is 5. The summed E-state index contributed by atoms with van der Waals surface area (Å²) >= 11 is 0. The molecular weight excluding hydrogens is 376 g/mol. The number of amides is 1. The third-order valence-electron chi connectivity index (χ3n) is 3.48. The molecule has 0 radical (unpaired) electrons. The smallest absolute Gasteiger partial charge is 0.240 e. The average Bonchev–Trinajstić information content (AvgIpc) is 2.61. The molecule has 2 N–H and O–H groups in total. The summed E-state index contributed by atoms with van der Waals surface area (Å²) in [5, 5.41) is 2.56. The van der Waals surface area contributed by atoms with Gasteiger partial charge in [0.25, 0.3) is 0 Å². The summed E-state index contributed by atoms with van der Waals surface area (Å²) in [7, 11) is -7.09. The molecule has 0 aliphatic heterocycles. The van der Waals surface area contributed by atoms with Crippen molar-refractivity contribution in [2.75, 3.05) is 17.6 Å². The van der Waals surface area contributed by atoms with Crippen LogP contribution in [0.3, 0.4) is 0 Å². The molecule has 0 atom stereocenters. The second-order valence-corrected chi connectivity index (χ2v) is 9.33. The van der Waals surface area contributed by atoms with Crippen LogP contribution in [0.2, 0.25) is 0 Å². The minimum Gasteiger partial charge on any atom is -0.326 e. The molecule has 2 aromatic rings. The number of rotatable bonds is 8. The molecule has 0 saturated carbocycles. The maximum atomic E-state index is 12.2. The van der Waals surface area contributed by atoms with Gasteiger partial charge >= 0.3 is 0 Å². The van der Waals surface area contributed by atoms with Crippen LogP contribution in [0.15, 0.2) is 64.4 Å². The maximum Gasteiger partial charge on any atom is 0.240 e. The molecule has 9 heteroatoms. The second-order valence-electron chi connectivity index (χ2n) is 5.46. The van der Waals surface area contributed by atoms with Crippen molar-refractivity contribution in [1.29, 1.82) is 0 Å². The highest BCUT2D eigenvalue weighted by molar-refractivity contribution is 7.91. The van der Waals surface area contributed by atoms with Gasteiger partial charge in [-0.25, -0.2) is 21.6 Å². The first-order valence-electron chi connectivity index (χ1n) is 7.92. The highest BCUT2D eigenvalue weighted by Gasteiger charge is 2.16. The quantitative estimate of drug-likeness (QED) is 0.707. The number of benzene rings is 2. The van der Waals surface area contributed by atoms with Gasteiger partial charge in [0.15, 0.2) is 9.84 Å². The normalized spacial score (nSPS) is 11.9. The standard InChI is InChI=1S/C17H20N2O5S2/c1-2-18-26(23,24)16-10-8-14(9-11-16)19-17(20)12-13-25(21,22)15-6-4-3-5-7-15/h3-11,18H,2,12-13H2,1H3,(H,19,20). The van der Waals surface area contributed by atoms with Gasteiger partial charge in [0.05, 0.1) is 15.5 Å². The van der Waals surface area contributed by atoms with Gasteiger partial charge in [0, 0.05) is 18.7 Å². The molecule has 0 spiro atoms. The third-order valence-corrected chi connectivity index (χ3v) is 6.78. The fourth-order valence-electron chi connectivity index (χ4n) is 2.19. The second kappa shape index (κ2) is 8.43. The van der Waals surface area contributed by atoms with Gasteiger partial charge in [-0.3, -0.25) is 4.79 Å². The lowest BCUT2D eigenvalue weighted by Gasteiger charge is -2.08. The van der Waals surface area contributed by atoms with Crippen LogP contribution in [0.4, 0.5) is 5.69 Å². The largest absolute Gasteiger partial charge is 0.326 e. The van der Waals surface area contributed by atoms with Crippen LogP contribution in [0.1, 0.15) is 13.3 Å². The van der Waals surface area contributed by atoms with E-state index >= 15 is 0 Å². The first-order chi connectivity index (χ1) is 12.2. The highest BCUT2D eigenvalue weighted by Crippen LogP contribution is 2.15. The zero-order valence-corrected chi connectivity index (χ0v) is 15.8. The molecule has 0 aliphatic carbocycles. The molecule has 0 aliphatic rings. The van der Waals surface area contributed by atoms with Crippen molar-refractivity contribution in [2.24, 2.45) is 0 Å². The van der Waals surface area contributed by atoms with Crippen molar-refractivity contribution in [2.45, 2.75) is 23.1 Å². The van der Waals surface area contributed by atoms with Crippen LogP contribution in [0.5, 0.6) is 0 Å². The van der Waals surface area contributed by atoms with Gasteiger partial charge in [-0.05, 0) is 36.4 Å². The zero-order chi connectivity index (χ0) is 19.2. The van der Waals surface area contributed by atoms with Crippen molar-refractivity contribution in [1.82, 2.24) is 4.72 Å². The fourth-order valence-corrected chi connectivity index (χ4v) is 4.49. The summed E-state index contributed by atoms with van der Waals surface area (Å²) in [6.45, 7) is 1.95. The molecule has 0 bridgehead atoms. The van der Waals surface area contributed by atoms with Crippen LogP contribution in [-0.2, 0) is 24.7 Å². The average molecular weight is 396 g/mol. The number of carbonyl (C=O) groups excluding carboxylic acids is 1. The molecule has 0 saturated heterocycles. The lowest BCUT2D eigenvalue weighted by atomic mass is 10.3. The van der Waals surface area contributed by atoms with E-state index < -0.39 is 25.8 Å². The van der Waals surface area contributed by atoms with Crippen molar-refractivity contribution in [3.8, 4) is 0 Å². The number of sulfone groups is 1. The van der Waals surface area contributed by atoms with Crippen LogP contribution in [-0.4, -0.2) is 35.0 Å². The van der Waals surface area contributed by atoms with Gasteiger partial charge in [0.2, 0.25) is 15.9 Å². The van der Waals surface area contributed by atoms with E-state index in [2.05, 4.69) is 10.0 Å². The summed E-state index contributed by atoms with van der Waals surface area (Å²) in [5.41, 5.74) is 0.391. The Balaban J connectivity index is 1.96. The van der Waals surface area contributed by atoms with Gasteiger partial charge in [-0.2, -0.15) is 0 Å². The summed E-state index contributed by atoms with van der Waals surface area (Å²) in [6.07, 6.45) is -0.200. The topological polar surface area (TPSA) is 109 Å². The van der Waals surface area contributed by atoms with Crippen LogP contribution in [0, 0.1) is 0 Å². The molecule has 0 unspecified atom stereocenters. The van der Waals surface area contributed by atoms with E-state index in [0.29, 0.717) is 5.69 Å². The van der Waals surface area contributed by atoms with Crippen molar-refractivity contribution >= 4 is 31.5 Å². The Labute approximate surface area is 153 Å². The molecule has 1 amide bonds. The summed E-state index contributed by atoms with van der Waals surface area (Å²) < 4.78 is 50.4. The molecule has 0 aromatic heterocycles. The van der Waals surface area contributed by atoms with E-state index in [1.807, 2.05) is 0 Å². The number of anilines is 1. The lowest BCUT2D eigenvalue weighted by molar-refractivity contribution is -0.115. The monoisotopic (exact) mass is 396 g/mol. The summed E-state index contributed by atoms with van der Waals surface area (Å²) in [6, 6.07) is 13.6. The predicted molar refractivity (Wildman–Crippen MR) is 99.0 cm³/mol. The molecular formula is C17H20N2O5S2. The number of sulfonamides is 1. The van der Waals surface area contributed by atoms with Crippen LogP contribution < -0.4 is 10.0 Å². The first kappa shape index (κ1) is 20.1. The van der Waals surface area contributed by atoms with E-state index in [9.17, 15) is 21.6 Å². The molecule has 0 heterocycles. The van der Waals surface area contributed by atoms with E-state index in [4.69, 9.17) is 0 Å². The molecule has 2 rings (SSSR count). The first-order valence-corrected chi connectivity index (χ1v) is 11.1. The highest BCUT2D eigenvalue weighted by atomic mass is 32.2. The van der Waals surface area contributed by atoms with Gasteiger partial charge in [-0.1, -0.05) is 25.1 Å². The number of nitrogens with one attached hydrogen (secondary N) is 2. The minimum absolute atomic E-state index is 0.0870. The lowest BCUT2D eigenvalue weighted by Crippen LogP contribution is -2.23. The molecule has 140 valence electrons. The Kier molecular flexibility index (Phi) is 6.52. The fraction of sp³-hybridized carbons (Fsp3) is 0.235. The van der Waals surface area contributed by atoms with Gasteiger partial charge in [0.1, 0.15) is 0 Å². The van der Waals surface area contributed by atoms with Crippen molar-refractivity contribution in [3.63, 3.8) is 0 Å². The van der Waals surface area contributed by atoms with Gasteiger partial charge < -0.3 is 5.32 Å². The Hall–Kier alpha value is -2.23. The maximum absolute atomic E-state index is 12.2. The Morgan fingerprint density at radius 2 is 1.50 bits per heavy atom. The number of carbonyl (C=O) groups is 1. The van der Waals surface area contributed by atoms with Crippen LogP contribution >= 0.6 is 0 Å². The molecule has 26 heavy (non-hydrogen) atoms. The van der Waals surface area contributed by atoms with Crippen LogP contribution in [0.25, 0.3) is 0 Å². The van der Waals surface area contributed by atoms with E-state index in [-0.39, 0.29) is 28.5 Å². The molecule has 0 fully saturated rings. The SMILES string of the molecule is CCNS(=O)(=O)c1ccc(NC(=O)CCS(=O)(=O)c2ccccc2)cc1. The molecule has 7 nitrogen and oxygen atoms in total. The Morgan fingerprint density at radius 3 is 2.08 bits per heavy atom. The third kappa shape index (κ3) is 5.38. The predicted octanol–water partition coefficient (Wildman–Crippen LogP) is 1.79. The van der Waals surface area contributed by atoms with E-state index in [1.165, 1.54) is 36.4 Å². The van der Waals surface area contributed by atoms with Crippen molar-refractivity contribution < 1.29 is 21.6 Å². The Bertz CT molecular complexity index is 954. The zero-order valence-electron chi connectivity index (χ0n) is 14.2. The number of hydrogen-bond donors (Lipinski definition) is 2. The van der Waals surface area contributed by atoms with Gasteiger partial charge in [-0.15, -0.1) is 0 Å². The Morgan fingerprint density at radius 1 is 0.885 bits per heavy atom.